The molecule has 4 rings (SSSR count). The van der Waals surface area contributed by atoms with Gasteiger partial charge < -0.3 is 20.0 Å². The fraction of sp³-hybridized carbons (Fsp3) is 0.292. The van der Waals surface area contributed by atoms with E-state index >= 15 is 0 Å². The molecule has 3 heterocycles. The second-order valence-electron chi connectivity index (χ2n) is 8.22. The predicted octanol–water partition coefficient (Wildman–Crippen LogP) is 2.72. The molecule has 8 heteroatoms. The van der Waals surface area contributed by atoms with Crippen LogP contribution in [0.4, 0.5) is 0 Å². The molecule has 1 amide bonds. The third-order valence-corrected chi connectivity index (χ3v) is 5.66. The number of hydrogen-bond donors (Lipinski definition) is 2. The molecule has 1 aliphatic heterocycles. The lowest BCUT2D eigenvalue weighted by Gasteiger charge is -2.26. The number of benzene rings is 1. The minimum absolute atomic E-state index is 0.000735. The molecule has 0 radical (unpaired) electrons. The average molecular weight is 434 g/mol. The summed E-state index contributed by atoms with van der Waals surface area (Å²) in [5.41, 5.74) is 2.10. The van der Waals surface area contributed by atoms with Crippen LogP contribution in [-0.4, -0.2) is 68.3 Å². The van der Waals surface area contributed by atoms with Crippen LogP contribution in [0.25, 0.3) is 11.4 Å². The minimum Gasteiger partial charge on any atom is -0.508 e. The number of aromatic hydroxyl groups is 1. The SMILES string of the molecule is Cc1nc2ccccn2c1/C(O)=C1\C(=O)C(=O)N(CCCN(C)C)C1c1cccc(O)c1. The molecule has 2 N–H and O–H groups in total. The van der Waals surface area contributed by atoms with Gasteiger partial charge in [-0.25, -0.2) is 4.98 Å². The molecule has 1 atom stereocenters. The number of ketones is 1. The van der Waals surface area contributed by atoms with Crippen LogP contribution in [-0.2, 0) is 9.59 Å². The first-order valence-corrected chi connectivity index (χ1v) is 10.5. The molecule has 1 unspecified atom stereocenters. The first-order chi connectivity index (χ1) is 15.3. The summed E-state index contributed by atoms with van der Waals surface area (Å²) in [5, 5.41) is 21.4. The number of likely N-dealkylation sites (tertiary alicyclic amines) is 1. The molecule has 32 heavy (non-hydrogen) atoms. The standard InChI is InChI=1S/C24H26N4O4/c1-15-20(27-12-5-4-10-18(27)25-15)22(30)19-21(16-8-6-9-17(29)14-16)28(24(32)23(19)31)13-7-11-26(2)3/h4-6,8-10,12,14,21,29-30H,7,11,13H2,1-3H3/b22-19+. The molecule has 0 bridgehead atoms. The number of rotatable bonds is 6. The largest absolute Gasteiger partial charge is 0.508 e. The van der Waals surface area contributed by atoms with Gasteiger partial charge in [-0.1, -0.05) is 18.2 Å². The fourth-order valence-electron chi connectivity index (χ4n) is 4.24. The number of aryl methyl sites for hydroxylation is 1. The Labute approximate surface area is 186 Å². The highest BCUT2D eigenvalue weighted by Crippen LogP contribution is 2.40. The Morgan fingerprint density at radius 1 is 1.16 bits per heavy atom. The van der Waals surface area contributed by atoms with Gasteiger partial charge in [0.05, 0.1) is 17.3 Å². The van der Waals surface area contributed by atoms with Crippen LogP contribution in [0.1, 0.15) is 29.4 Å². The topological polar surface area (TPSA) is 98.4 Å². The first kappa shape index (κ1) is 21.6. The van der Waals surface area contributed by atoms with E-state index in [9.17, 15) is 19.8 Å². The van der Waals surface area contributed by atoms with Crippen LogP contribution in [0, 0.1) is 6.92 Å². The summed E-state index contributed by atoms with van der Waals surface area (Å²) in [5.74, 6) is -1.66. The third kappa shape index (κ3) is 3.73. The van der Waals surface area contributed by atoms with Gasteiger partial charge in [0.1, 0.15) is 17.1 Å². The summed E-state index contributed by atoms with van der Waals surface area (Å²) >= 11 is 0. The molecule has 1 aromatic carbocycles. The first-order valence-electron chi connectivity index (χ1n) is 10.5. The van der Waals surface area contributed by atoms with E-state index in [-0.39, 0.29) is 17.1 Å². The number of phenolic OH excluding ortho intramolecular Hbond substituents is 1. The zero-order valence-electron chi connectivity index (χ0n) is 18.3. The van der Waals surface area contributed by atoms with Gasteiger partial charge in [0.2, 0.25) is 0 Å². The molecule has 0 saturated carbocycles. The molecule has 1 aliphatic rings. The van der Waals surface area contributed by atoms with E-state index in [1.165, 1.54) is 17.0 Å². The number of Topliss-reactive ketones (excluding diaryl/α,β-unsaturated/α-hetero) is 1. The van der Waals surface area contributed by atoms with Crippen LogP contribution < -0.4 is 0 Å². The van der Waals surface area contributed by atoms with Gasteiger partial charge in [-0.05, 0) is 63.8 Å². The number of imidazole rings is 1. The van der Waals surface area contributed by atoms with E-state index in [0.29, 0.717) is 35.6 Å². The Kier molecular flexibility index (Phi) is 5.71. The minimum atomic E-state index is -0.807. The Morgan fingerprint density at radius 2 is 1.94 bits per heavy atom. The monoisotopic (exact) mass is 434 g/mol. The number of carbonyl (C=O) groups is 2. The van der Waals surface area contributed by atoms with Crippen molar-refractivity contribution in [2.45, 2.75) is 19.4 Å². The van der Waals surface area contributed by atoms with E-state index in [1.54, 1.807) is 41.8 Å². The van der Waals surface area contributed by atoms with Gasteiger partial charge in [0.15, 0.2) is 5.76 Å². The number of carbonyl (C=O) groups excluding carboxylic acids is 2. The molecule has 0 aliphatic carbocycles. The number of hydrogen-bond acceptors (Lipinski definition) is 6. The lowest BCUT2D eigenvalue weighted by atomic mass is 9.96. The smallest absolute Gasteiger partial charge is 0.295 e. The second-order valence-corrected chi connectivity index (χ2v) is 8.22. The van der Waals surface area contributed by atoms with Crippen molar-refractivity contribution in [1.82, 2.24) is 19.2 Å². The highest BCUT2D eigenvalue weighted by molar-refractivity contribution is 6.46. The van der Waals surface area contributed by atoms with Crippen LogP contribution in [0.15, 0.2) is 54.2 Å². The van der Waals surface area contributed by atoms with Gasteiger partial charge in [-0.15, -0.1) is 0 Å². The summed E-state index contributed by atoms with van der Waals surface area (Å²) in [6, 6.07) is 11.1. The van der Waals surface area contributed by atoms with Crippen molar-refractivity contribution < 1.29 is 19.8 Å². The average Bonchev–Trinajstić information content (AvgIpc) is 3.21. The fourth-order valence-corrected chi connectivity index (χ4v) is 4.24. The number of phenols is 1. The van der Waals surface area contributed by atoms with Gasteiger partial charge in [0.25, 0.3) is 11.7 Å². The van der Waals surface area contributed by atoms with E-state index in [4.69, 9.17) is 0 Å². The normalized spacial score (nSPS) is 18.2. The maximum atomic E-state index is 13.2. The number of amides is 1. The summed E-state index contributed by atoms with van der Waals surface area (Å²) in [7, 11) is 3.88. The van der Waals surface area contributed by atoms with Crippen molar-refractivity contribution in [3.63, 3.8) is 0 Å². The maximum absolute atomic E-state index is 13.2. The molecule has 166 valence electrons. The Hall–Kier alpha value is -3.65. The summed E-state index contributed by atoms with van der Waals surface area (Å²) in [6.07, 6.45) is 2.41. The molecular formula is C24H26N4O4. The lowest BCUT2D eigenvalue weighted by Crippen LogP contribution is -2.32. The Bertz CT molecular complexity index is 1230. The number of aliphatic hydroxyl groups excluding tert-OH is 1. The Balaban J connectivity index is 1.89. The molecule has 3 aromatic rings. The number of aromatic nitrogens is 2. The van der Waals surface area contributed by atoms with E-state index in [0.717, 1.165) is 6.54 Å². The van der Waals surface area contributed by atoms with Gasteiger partial charge >= 0.3 is 0 Å². The van der Waals surface area contributed by atoms with Crippen molar-refractivity contribution in [3.05, 3.63) is 71.2 Å². The van der Waals surface area contributed by atoms with E-state index in [1.807, 2.05) is 25.1 Å². The van der Waals surface area contributed by atoms with Crippen LogP contribution >= 0.6 is 0 Å². The molecule has 2 aromatic heterocycles. The Morgan fingerprint density at radius 3 is 2.66 bits per heavy atom. The van der Waals surface area contributed by atoms with Crippen LogP contribution in [0.5, 0.6) is 5.75 Å². The van der Waals surface area contributed by atoms with E-state index in [2.05, 4.69) is 4.98 Å². The van der Waals surface area contributed by atoms with Crippen LogP contribution in [0.3, 0.4) is 0 Å². The summed E-state index contributed by atoms with van der Waals surface area (Å²) in [6.45, 7) is 2.83. The second kappa shape index (κ2) is 8.47. The maximum Gasteiger partial charge on any atom is 0.295 e. The number of pyridine rings is 1. The van der Waals surface area contributed by atoms with Gasteiger partial charge in [-0.2, -0.15) is 0 Å². The van der Waals surface area contributed by atoms with Crippen molar-refractivity contribution in [3.8, 4) is 5.75 Å². The van der Waals surface area contributed by atoms with E-state index < -0.39 is 17.7 Å². The summed E-state index contributed by atoms with van der Waals surface area (Å²) < 4.78 is 1.70. The number of aliphatic hydroxyl groups is 1. The van der Waals surface area contributed by atoms with Gasteiger partial charge in [-0.3, -0.25) is 14.0 Å². The number of nitrogens with zero attached hydrogens (tertiary/aromatic N) is 4. The highest BCUT2D eigenvalue weighted by Gasteiger charge is 2.46. The quantitative estimate of drug-likeness (QED) is 0.352. The zero-order chi connectivity index (χ0) is 23.0. The van der Waals surface area contributed by atoms with Crippen LogP contribution in [0.2, 0.25) is 0 Å². The predicted molar refractivity (Wildman–Crippen MR) is 120 cm³/mol. The number of fused-ring (bicyclic) bond motifs is 1. The molecule has 1 fully saturated rings. The van der Waals surface area contributed by atoms with Crippen molar-refractivity contribution in [2.24, 2.45) is 0 Å². The molecule has 8 nitrogen and oxygen atoms in total. The van der Waals surface area contributed by atoms with Crippen molar-refractivity contribution in [2.75, 3.05) is 27.2 Å². The third-order valence-electron chi connectivity index (χ3n) is 5.66. The van der Waals surface area contributed by atoms with Crippen molar-refractivity contribution >= 4 is 23.1 Å². The van der Waals surface area contributed by atoms with Crippen molar-refractivity contribution in [1.29, 1.82) is 0 Å². The zero-order valence-corrected chi connectivity index (χ0v) is 18.3. The molecular weight excluding hydrogens is 408 g/mol. The molecule has 1 saturated heterocycles. The highest BCUT2D eigenvalue weighted by atomic mass is 16.3. The molecule has 0 spiro atoms. The summed E-state index contributed by atoms with van der Waals surface area (Å²) in [4.78, 5) is 34.1. The van der Waals surface area contributed by atoms with Gasteiger partial charge in [0, 0.05) is 12.7 Å². The lowest BCUT2D eigenvalue weighted by molar-refractivity contribution is -0.139.